The Balaban J connectivity index is 2.58. The molecule has 3 heteroatoms. The van der Waals surface area contributed by atoms with Crippen LogP contribution in [0.5, 0.6) is 5.75 Å². The highest BCUT2D eigenvalue weighted by atomic mass is 127. The van der Waals surface area contributed by atoms with Gasteiger partial charge in [-0.05, 0) is 65.5 Å². The van der Waals surface area contributed by atoms with Gasteiger partial charge in [-0.15, -0.1) is 0 Å². The zero-order valence-corrected chi connectivity index (χ0v) is 12.9. The van der Waals surface area contributed by atoms with Crippen molar-refractivity contribution < 1.29 is 4.74 Å². The summed E-state index contributed by atoms with van der Waals surface area (Å²) in [5.41, 5.74) is 0.214. The molecule has 0 saturated carbocycles. The third-order valence-electron chi connectivity index (χ3n) is 3.19. The molecule has 16 heavy (non-hydrogen) atoms. The second kappa shape index (κ2) is 6.74. The molecular weight excluding hydrogens is 331 g/mol. The SMILES string of the molecule is CCC(CC)(CS)COc1ccc(I)cc1. The van der Waals surface area contributed by atoms with Gasteiger partial charge < -0.3 is 4.74 Å². The van der Waals surface area contributed by atoms with Crippen molar-refractivity contribution in [2.75, 3.05) is 12.4 Å². The van der Waals surface area contributed by atoms with Crippen LogP contribution in [0.15, 0.2) is 24.3 Å². The summed E-state index contributed by atoms with van der Waals surface area (Å²) < 4.78 is 7.08. The van der Waals surface area contributed by atoms with Crippen LogP contribution in [0.3, 0.4) is 0 Å². The number of halogens is 1. The number of ether oxygens (including phenoxy) is 1. The van der Waals surface area contributed by atoms with E-state index in [4.69, 9.17) is 4.74 Å². The van der Waals surface area contributed by atoms with Crippen LogP contribution in [0.2, 0.25) is 0 Å². The summed E-state index contributed by atoms with van der Waals surface area (Å²) in [5.74, 6) is 1.83. The maximum absolute atomic E-state index is 5.85. The number of hydrogen-bond donors (Lipinski definition) is 1. The summed E-state index contributed by atoms with van der Waals surface area (Å²) >= 11 is 6.74. The summed E-state index contributed by atoms with van der Waals surface area (Å²) in [6.07, 6.45) is 2.22. The molecule has 0 fully saturated rings. The Bertz CT molecular complexity index is 298. The molecule has 0 atom stereocenters. The molecule has 0 aromatic heterocycles. The maximum atomic E-state index is 5.85. The molecule has 1 rings (SSSR count). The molecule has 1 aromatic rings. The Morgan fingerprint density at radius 2 is 1.75 bits per heavy atom. The highest BCUT2D eigenvalue weighted by Gasteiger charge is 2.25. The van der Waals surface area contributed by atoms with Gasteiger partial charge in [-0.1, -0.05) is 13.8 Å². The van der Waals surface area contributed by atoms with E-state index in [0.717, 1.165) is 31.0 Å². The van der Waals surface area contributed by atoms with Gasteiger partial charge in [0, 0.05) is 8.99 Å². The van der Waals surface area contributed by atoms with Crippen LogP contribution < -0.4 is 4.74 Å². The molecule has 0 N–H and O–H groups in total. The predicted octanol–water partition coefficient (Wildman–Crippen LogP) is 4.41. The van der Waals surface area contributed by atoms with Crippen molar-refractivity contribution in [2.24, 2.45) is 5.41 Å². The van der Waals surface area contributed by atoms with Crippen molar-refractivity contribution in [3.05, 3.63) is 27.8 Å². The van der Waals surface area contributed by atoms with Crippen LogP contribution >= 0.6 is 35.2 Å². The van der Waals surface area contributed by atoms with Crippen molar-refractivity contribution in [3.8, 4) is 5.75 Å². The van der Waals surface area contributed by atoms with Gasteiger partial charge in [-0.2, -0.15) is 12.6 Å². The van der Waals surface area contributed by atoms with Gasteiger partial charge in [0.1, 0.15) is 5.75 Å². The fourth-order valence-electron chi connectivity index (χ4n) is 1.49. The van der Waals surface area contributed by atoms with E-state index in [1.165, 1.54) is 3.57 Å². The first-order valence-electron chi connectivity index (χ1n) is 5.65. The van der Waals surface area contributed by atoms with Crippen LogP contribution in [0.25, 0.3) is 0 Å². The highest BCUT2D eigenvalue weighted by Crippen LogP contribution is 2.29. The van der Waals surface area contributed by atoms with Crippen LogP contribution in [0.1, 0.15) is 26.7 Å². The van der Waals surface area contributed by atoms with Gasteiger partial charge in [0.15, 0.2) is 0 Å². The minimum atomic E-state index is 0.214. The van der Waals surface area contributed by atoms with Crippen LogP contribution in [0, 0.1) is 8.99 Å². The molecule has 0 heterocycles. The van der Waals surface area contributed by atoms with Crippen LogP contribution in [-0.2, 0) is 0 Å². The molecule has 0 radical (unpaired) electrons. The fourth-order valence-corrected chi connectivity index (χ4v) is 2.39. The molecule has 1 nitrogen and oxygen atoms in total. The summed E-state index contributed by atoms with van der Waals surface area (Å²) in [4.78, 5) is 0. The van der Waals surface area contributed by atoms with Gasteiger partial charge in [-0.3, -0.25) is 0 Å². The van der Waals surface area contributed by atoms with Crippen molar-refractivity contribution >= 4 is 35.2 Å². The lowest BCUT2D eigenvalue weighted by Gasteiger charge is -2.29. The summed E-state index contributed by atoms with van der Waals surface area (Å²) in [6, 6.07) is 8.18. The molecule has 0 aliphatic rings. The minimum absolute atomic E-state index is 0.214. The topological polar surface area (TPSA) is 9.23 Å². The molecule has 0 amide bonds. The fraction of sp³-hybridized carbons (Fsp3) is 0.538. The molecule has 0 aliphatic heterocycles. The molecule has 0 spiro atoms. The quantitative estimate of drug-likeness (QED) is 0.591. The Kier molecular flexibility index (Phi) is 5.97. The molecule has 0 unspecified atom stereocenters. The largest absolute Gasteiger partial charge is 0.493 e. The zero-order chi connectivity index (χ0) is 12.0. The van der Waals surface area contributed by atoms with E-state index in [1.807, 2.05) is 12.1 Å². The number of hydrogen-bond acceptors (Lipinski definition) is 2. The van der Waals surface area contributed by atoms with E-state index >= 15 is 0 Å². The molecule has 1 aromatic carbocycles. The average Bonchev–Trinajstić information content (AvgIpc) is 2.34. The van der Waals surface area contributed by atoms with Crippen molar-refractivity contribution in [1.29, 1.82) is 0 Å². The Hall–Kier alpha value is 0.1000. The second-order valence-corrected chi connectivity index (χ2v) is 5.67. The maximum Gasteiger partial charge on any atom is 0.119 e. The summed E-state index contributed by atoms with van der Waals surface area (Å²) in [6.45, 7) is 5.16. The normalized spacial score (nSPS) is 11.5. The minimum Gasteiger partial charge on any atom is -0.493 e. The molecule has 0 bridgehead atoms. The van der Waals surface area contributed by atoms with Gasteiger partial charge in [0.05, 0.1) is 6.61 Å². The molecule has 90 valence electrons. The Labute approximate surface area is 118 Å². The average molecular weight is 350 g/mol. The number of thiol groups is 1. The first-order chi connectivity index (χ1) is 7.65. The van der Waals surface area contributed by atoms with E-state index in [0.29, 0.717) is 0 Å². The number of rotatable bonds is 6. The van der Waals surface area contributed by atoms with E-state index in [-0.39, 0.29) is 5.41 Å². The first-order valence-corrected chi connectivity index (χ1v) is 7.36. The molecular formula is C13H19IOS. The van der Waals surface area contributed by atoms with E-state index < -0.39 is 0 Å². The Morgan fingerprint density at radius 3 is 2.19 bits per heavy atom. The summed E-state index contributed by atoms with van der Waals surface area (Å²) in [7, 11) is 0. The van der Waals surface area contributed by atoms with Crippen LogP contribution in [0.4, 0.5) is 0 Å². The monoisotopic (exact) mass is 350 g/mol. The predicted molar refractivity (Wildman–Crippen MR) is 81.5 cm³/mol. The lowest BCUT2D eigenvalue weighted by atomic mass is 9.85. The highest BCUT2D eigenvalue weighted by molar-refractivity contribution is 14.1. The third-order valence-corrected chi connectivity index (χ3v) is 4.58. The zero-order valence-electron chi connectivity index (χ0n) is 9.87. The van der Waals surface area contributed by atoms with Crippen molar-refractivity contribution in [3.63, 3.8) is 0 Å². The van der Waals surface area contributed by atoms with Gasteiger partial charge >= 0.3 is 0 Å². The smallest absolute Gasteiger partial charge is 0.119 e. The Morgan fingerprint density at radius 1 is 1.19 bits per heavy atom. The first kappa shape index (κ1) is 14.2. The van der Waals surface area contributed by atoms with Crippen LogP contribution in [-0.4, -0.2) is 12.4 Å². The van der Waals surface area contributed by atoms with E-state index in [9.17, 15) is 0 Å². The summed E-state index contributed by atoms with van der Waals surface area (Å²) in [5, 5.41) is 0. The van der Waals surface area contributed by atoms with Gasteiger partial charge in [0.2, 0.25) is 0 Å². The van der Waals surface area contributed by atoms with Crippen molar-refractivity contribution in [2.45, 2.75) is 26.7 Å². The van der Waals surface area contributed by atoms with E-state index in [1.54, 1.807) is 0 Å². The second-order valence-electron chi connectivity index (χ2n) is 4.11. The van der Waals surface area contributed by atoms with Gasteiger partial charge in [-0.25, -0.2) is 0 Å². The standard InChI is InChI=1S/C13H19IOS/c1-3-13(4-2,10-16)9-15-12-7-5-11(14)6-8-12/h5-8,16H,3-4,9-10H2,1-2H3. The van der Waals surface area contributed by atoms with Gasteiger partial charge in [0.25, 0.3) is 0 Å². The molecule has 0 saturated heterocycles. The molecule has 0 aliphatic carbocycles. The third kappa shape index (κ3) is 3.84. The van der Waals surface area contributed by atoms with E-state index in [2.05, 4.69) is 61.2 Å². The lowest BCUT2D eigenvalue weighted by molar-refractivity contribution is 0.157. The lowest BCUT2D eigenvalue weighted by Crippen LogP contribution is -2.29. The number of benzene rings is 1. The van der Waals surface area contributed by atoms with Crippen molar-refractivity contribution in [1.82, 2.24) is 0 Å².